The first-order chi connectivity index (χ1) is 5.79. The van der Waals surface area contributed by atoms with Crippen LogP contribution in [0.2, 0.25) is 0 Å². The summed E-state index contributed by atoms with van der Waals surface area (Å²) >= 11 is 0. The van der Waals surface area contributed by atoms with Crippen LogP contribution < -0.4 is 0 Å². The predicted molar refractivity (Wildman–Crippen MR) is 39.9 cm³/mol. The van der Waals surface area contributed by atoms with Crippen molar-refractivity contribution in [3.8, 4) is 0 Å². The van der Waals surface area contributed by atoms with Crippen molar-refractivity contribution in [2.45, 2.75) is 12.8 Å². The summed E-state index contributed by atoms with van der Waals surface area (Å²) in [7, 11) is 0. The minimum atomic E-state index is -0.0630. The van der Waals surface area contributed by atoms with Crippen LogP contribution in [0.15, 0.2) is 12.5 Å². The second-order valence-corrected chi connectivity index (χ2v) is 2.63. The van der Waals surface area contributed by atoms with Crippen LogP contribution >= 0.6 is 0 Å². The first-order valence-electron chi connectivity index (χ1n) is 3.65. The van der Waals surface area contributed by atoms with Crippen molar-refractivity contribution < 1.29 is 9.59 Å². The van der Waals surface area contributed by atoms with E-state index in [1.807, 2.05) is 0 Å². The summed E-state index contributed by atoms with van der Waals surface area (Å²) in [6, 6.07) is 0. The molecule has 0 bridgehead atoms. The highest BCUT2D eigenvalue weighted by atomic mass is 16.1. The molecular formula is C8H6N2O2. The number of aromatic nitrogens is 2. The van der Waals surface area contributed by atoms with Crippen LogP contribution in [0.1, 0.15) is 33.7 Å². The predicted octanol–water partition coefficient (Wildman–Crippen LogP) is 0.636. The van der Waals surface area contributed by atoms with Gasteiger partial charge in [0.15, 0.2) is 11.6 Å². The summed E-state index contributed by atoms with van der Waals surface area (Å²) in [5.74, 6) is -0.0998. The SMILES string of the molecule is O=C1CCC(=O)c2ncncc21. The number of Topliss-reactive ketones (excluding diaryl/α,β-unsaturated/α-hetero) is 2. The molecule has 4 heteroatoms. The molecule has 0 atom stereocenters. The van der Waals surface area contributed by atoms with Crippen molar-refractivity contribution in [3.63, 3.8) is 0 Å². The standard InChI is InChI=1S/C8H6N2O2/c11-6-1-2-7(12)8-5(6)3-9-4-10-8/h3-4H,1-2H2. The molecule has 0 fully saturated rings. The molecule has 1 aromatic rings. The molecule has 0 saturated heterocycles. The third kappa shape index (κ3) is 0.922. The van der Waals surface area contributed by atoms with Gasteiger partial charge in [-0.25, -0.2) is 9.97 Å². The number of carbonyl (C=O) groups excluding carboxylic acids is 2. The van der Waals surface area contributed by atoms with E-state index >= 15 is 0 Å². The van der Waals surface area contributed by atoms with Gasteiger partial charge in [-0.2, -0.15) is 0 Å². The molecule has 0 spiro atoms. The Bertz CT molecular complexity index is 325. The van der Waals surface area contributed by atoms with Crippen LogP contribution in [0.4, 0.5) is 0 Å². The summed E-state index contributed by atoms with van der Waals surface area (Å²) in [5.41, 5.74) is 0.648. The Balaban J connectivity index is 2.62. The molecule has 1 aliphatic rings. The molecule has 0 unspecified atom stereocenters. The van der Waals surface area contributed by atoms with Crippen LogP contribution in [0, 0.1) is 0 Å². The lowest BCUT2D eigenvalue weighted by molar-refractivity contribution is 0.0885. The van der Waals surface area contributed by atoms with E-state index < -0.39 is 0 Å². The first-order valence-corrected chi connectivity index (χ1v) is 3.65. The van der Waals surface area contributed by atoms with Gasteiger partial charge in [-0.05, 0) is 0 Å². The minimum Gasteiger partial charge on any atom is -0.294 e. The number of nitrogens with zero attached hydrogens (tertiary/aromatic N) is 2. The van der Waals surface area contributed by atoms with Crippen LogP contribution in [0.25, 0.3) is 0 Å². The number of rotatable bonds is 0. The number of ketones is 2. The largest absolute Gasteiger partial charge is 0.294 e. The summed E-state index contributed by atoms with van der Waals surface area (Å²) < 4.78 is 0. The average Bonchev–Trinajstić information content (AvgIpc) is 2.12. The average molecular weight is 162 g/mol. The molecule has 1 heterocycles. The molecule has 0 amide bonds. The monoisotopic (exact) mass is 162 g/mol. The zero-order chi connectivity index (χ0) is 8.55. The van der Waals surface area contributed by atoms with E-state index in [-0.39, 0.29) is 23.7 Å². The fourth-order valence-electron chi connectivity index (χ4n) is 1.24. The van der Waals surface area contributed by atoms with E-state index in [1.165, 1.54) is 12.5 Å². The normalized spacial score (nSPS) is 16.0. The van der Waals surface area contributed by atoms with Gasteiger partial charge in [-0.15, -0.1) is 0 Å². The molecule has 0 radical (unpaired) electrons. The van der Waals surface area contributed by atoms with E-state index in [2.05, 4.69) is 9.97 Å². The minimum absolute atomic E-state index is 0.0369. The molecular weight excluding hydrogens is 156 g/mol. The van der Waals surface area contributed by atoms with Gasteiger partial charge in [-0.3, -0.25) is 9.59 Å². The summed E-state index contributed by atoms with van der Waals surface area (Å²) in [6.07, 6.45) is 3.26. The molecule has 12 heavy (non-hydrogen) atoms. The third-order valence-electron chi connectivity index (χ3n) is 1.86. The van der Waals surface area contributed by atoms with Crippen molar-refractivity contribution in [2.24, 2.45) is 0 Å². The highest BCUT2D eigenvalue weighted by Gasteiger charge is 2.24. The van der Waals surface area contributed by atoms with Crippen LogP contribution in [0.5, 0.6) is 0 Å². The molecule has 2 rings (SSSR count). The molecule has 60 valence electrons. The smallest absolute Gasteiger partial charge is 0.182 e. The maximum Gasteiger partial charge on any atom is 0.182 e. The lowest BCUT2D eigenvalue weighted by Gasteiger charge is -2.10. The van der Waals surface area contributed by atoms with Crippen LogP contribution in [-0.4, -0.2) is 21.5 Å². The number of hydrogen-bond acceptors (Lipinski definition) is 4. The molecule has 0 N–H and O–H groups in total. The third-order valence-corrected chi connectivity index (χ3v) is 1.86. The Morgan fingerprint density at radius 1 is 1.17 bits per heavy atom. The highest BCUT2D eigenvalue weighted by molar-refractivity contribution is 6.12. The van der Waals surface area contributed by atoms with Crippen molar-refractivity contribution in [2.75, 3.05) is 0 Å². The Morgan fingerprint density at radius 3 is 2.67 bits per heavy atom. The second kappa shape index (κ2) is 2.48. The van der Waals surface area contributed by atoms with Crippen molar-refractivity contribution in [1.29, 1.82) is 0 Å². The molecule has 0 saturated carbocycles. The van der Waals surface area contributed by atoms with Crippen molar-refractivity contribution >= 4 is 11.6 Å². The maximum absolute atomic E-state index is 11.2. The lowest BCUT2D eigenvalue weighted by atomic mass is 9.95. The Morgan fingerprint density at radius 2 is 1.92 bits per heavy atom. The Hall–Kier alpha value is -1.58. The van der Waals surface area contributed by atoms with Gasteiger partial charge in [0.25, 0.3) is 0 Å². The van der Waals surface area contributed by atoms with Gasteiger partial charge < -0.3 is 0 Å². The fraction of sp³-hybridized carbons (Fsp3) is 0.250. The van der Waals surface area contributed by atoms with E-state index in [9.17, 15) is 9.59 Å². The van der Waals surface area contributed by atoms with Gasteiger partial charge in [0.1, 0.15) is 12.0 Å². The topological polar surface area (TPSA) is 59.9 Å². The summed E-state index contributed by atoms with van der Waals surface area (Å²) in [5, 5.41) is 0. The Labute approximate surface area is 68.6 Å². The molecule has 0 aromatic carbocycles. The summed E-state index contributed by atoms with van der Waals surface area (Å²) in [4.78, 5) is 29.9. The second-order valence-electron chi connectivity index (χ2n) is 2.63. The van der Waals surface area contributed by atoms with Crippen molar-refractivity contribution in [1.82, 2.24) is 9.97 Å². The van der Waals surface area contributed by atoms with Crippen LogP contribution in [0.3, 0.4) is 0 Å². The maximum atomic E-state index is 11.2. The number of fused-ring (bicyclic) bond motifs is 1. The molecule has 1 aromatic heterocycles. The van der Waals surface area contributed by atoms with Gasteiger partial charge in [-0.1, -0.05) is 0 Å². The van der Waals surface area contributed by atoms with E-state index in [0.29, 0.717) is 12.0 Å². The molecule has 0 aliphatic heterocycles. The fourth-order valence-corrected chi connectivity index (χ4v) is 1.24. The lowest BCUT2D eigenvalue weighted by Crippen LogP contribution is -2.18. The molecule has 1 aliphatic carbocycles. The molecule has 4 nitrogen and oxygen atoms in total. The zero-order valence-corrected chi connectivity index (χ0v) is 6.28. The van der Waals surface area contributed by atoms with E-state index in [1.54, 1.807) is 0 Å². The van der Waals surface area contributed by atoms with E-state index in [4.69, 9.17) is 0 Å². The number of hydrogen-bond donors (Lipinski definition) is 0. The van der Waals surface area contributed by atoms with Gasteiger partial charge in [0.05, 0.1) is 5.56 Å². The van der Waals surface area contributed by atoms with Gasteiger partial charge in [0.2, 0.25) is 0 Å². The quantitative estimate of drug-likeness (QED) is 0.561. The zero-order valence-electron chi connectivity index (χ0n) is 6.28. The van der Waals surface area contributed by atoms with Crippen LogP contribution in [-0.2, 0) is 0 Å². The van der Waals surface area contributed by atoms with Gasteiger partial charge >= 0.3 is 0 Å². The van der Waals surface area contributed by atoms with Gasteiger partial charge in [0, 0.05) is 19.0 Å². The number of carbonyl (C=O) groups is 2. The van der Waals surface area contributed by atoms with E-state index in [0.717, 1.165) is 0 Å². The summed E-state index contributed by atoms with van der Waals surface area (Å²) in [6.45, 7) is 0. The van der Waals surface area contributed by atoms with Crippen molar-refractivity contribution in [3.05, 3.63) is 23.8 Å². The highest BCUT2D eigenvalue weighted by Crippen LogP contribution is 2.17. The first kappa shape index (κ1) is 7.09. The Kier molecular flexibility index (Phi) is 1.46.